The second-order valence-corrected chi connectivity index (χ2v) is 8.85. The van der Waals surface area contributed by atoms with Crippen LogP contribution in [-0.2, 0) is 14.1 Å². The van der Waals surface area contributed by atoms with Crippen molar-refractivity contribution in [3.63, 3.8) is 0 Å². The average molecular weight is 483 g/mol. The molecule has 5 aromatic rings. The summed E-state index contributed by atoms with van der Waals surface area (Å²) in [6.45, 7) is 0. The number of rotatable bonds is 3. The fourth-order valence-electron chi connectivity index (χ4n) is 5.20. The van der Waals surface area contributed by atoms with E-state index in [1.54, 1.807) is 32.4 Å². The summed E-state index contributed by atoms with van der Waals surface area (Å²) in [5, 5.41) is 3.86. The molecule has 0 saturated heterocycles. The molecule has 1 aliphatic heterocycles. The zero-order valence-electron chi connectivity index (χ0n) is 19.9. The van der Waals surface area contributed by atoms with Gasteiger partial charge in [0.1, 0.15) is 11.6 Å². The van der Waals surface area contributed by atoms with E-state index in [4.69, 9.17) is 4.74 Å². The summed E-state index contributed by atoms with van der Waals surface area (Å²) in [5.74, 6) is 0.222. The molecule has 6 rings (SSSR count). The van der Waals surface area contributed by atoms with Gasteiger partial charge >= 0.3 is 5.69 Å². The fourth-order valence-corrected chi connectivity index (χ4v) is 5.20. The van der Waals surface area contributed by atoms with Crippen LogP contribution >= 0.6 is 0 Å². The van der Waals surface area contributed by atoms with Crippen molar-refractivity contribution in [1.29, 1.82) is 0 Å². The number of aryl methyl sites for hydroxylation is 1. The summed E-state index contributed by atoms with van der Waals surface area (Å²) >= 11 is 0. The molecule has 180 valence electrons. The van der Waals surface area contributed by atoms with Crippen LogP contribution in [0.4, 0.5) is 10.1 Å². The zero-order valence-corrected chi connectivity index (χ0v) is 19.9. The Labute approximate surface area is 205 Å². The van der Waals surface area contributed by atoms with Crippen molar-refractivity contribution in [1.82, 2.24) is 13.7 Å². The van der Waals surface area contributed by atoms with E-state index in [0.29, 0.717) is 22.7 Å². The maximum atomic E-state index is 15.3. The lowest BCUT2D eigenvalue weighted by molar-refractivity contribution is 0.414. The van der Waals surface area contributed by atoms with Crippen molar-refractivity contribution in [3.05, 3.63) is 111 Å². The van der Waals surface area contributed by atoms with E-state index in [9.17, 15) is 9.59 Å². The molecule has 0 fully saturated rings. The van der Waals surface area contributed by atoms with Gasteiger partial charge in [-0.1, -0.05) is 36.4 Å². The maximum absolute atomic E-state index is 15.3. The minimum absolute atomic E-state index is 0.283. The van der Waals surface area contributed by atoms with E-state index in [1.165, 1.54) is 17.7 Å². The Kier molecular flexibility index (Phi) is 4.86. The van der Waals surface area contributed by atoms with Crippen LogP contribution in [0.3, 0.4) is 0 Å². The number of methoxy groups -OCH3 is 1. The van der Waals surface area contributed by atoms with Gasteiger partial charge in [-0.15, -0.1) is 0 Å². The third-order valence-corrected chi connectivity index (χ3v) is 6.88. The maximum Gasteiger partial charge on any atom is 0.331 e. The first-order chi connectivity index (χ1) is 17.4. The van der Waals surface area contributed by atoms with E-state index in [1.807, 2.05) is 53.1 Å². The van der Waals surface area contributed by atoms with Gasteiger partial charge in [-0.25, -0.2) is 9.18 Å². The van der Waals surface area contributed by atoms with Crippen LogP contribution in [0, 0.1) is 5.82 Å². The topological polar surface area (TPSA) is 70.2 Å². The lowest BCUT2D eigenvalue weighted by Crippen LogP contribution is -2.37. The number of anilines is 1. The second kappa shape index (κ2) is 7.98. The molecule has 1 atom stereocenters. The number of hydrogen-bond donors (Lipinski definition) is 1. The van der Waals surface area contributed by atoms with Crippen molar-refractivity contribution in [2.24, 2.45) is 14.1 Å². The number of aromatic nitrogens is 3. The van der Waals surface area contributed by atoms with E-state index in [0.717, 1.165) is 21.5 Å². The smallest absolute Gasteiger partial charge is 0.331 e. The predicted octanol–water partition coefficient (Wildman–Crippen LogP) is 4.36. The highest BCUT2D eigenvalue weighted by atomic mass is 19.1. The lowest BCUT2D eigenvalue weighted by Gasteiger charge is -2.31. The van der Waals surface area contributed by atoms with Gasteiger partial charge in [-0.3, -0.25) is 13.9 Å². The van der Waals surface area contributed by atoms with Crippen LogP contribution in [0.1, 0.15) is 17.3 Å². The first-order valence-corrected chi connectivity index (χ1v) is 11.5. The molecule has 7 nitrogen and oxygen atoms in total. The number of fused-ring (bicyclic) bond motifs is 5. The summed E-state index contributed by atoms with van der Waals surface area (Å²) in [6, 6.07) is 21.2. The first-order valence-electron chi connectivity index (χ1n) is 11.5. The first kappa shape index (κ1) is 21.9. The summed E-state index contributed by atoms with van der Waals surface area (Å²) in [5.41, 5.74) is 3.34. The minimum Gasteiger partial charge on any atom is -0.497 e. The highest BCUT2D eigenvalue weighted by Gasteiger charge is 2.35. The van der Waals surface area contributed by atoms with Gasteiger partial charge in [0.25, 0.3) is 5.56 Å². The third kappa shape index (κ3) is 2.97. The number of hydrogen-bond acceptors (Lipinski definition) is 4. The van der Waals surface area contributed by atoms with E-state index in [-0.39, 0.29) is 10.9 Å². The van der Waals surface area contributed by atoms with Crippen LogP contribution in [-0.4, -0.2) is 20.8 Å². The van der Waals surface area contributed by atoms with Crippen molar-refractivity contribution in [3.8, 4) is 22.7 Å². The number of nitrogens with one attached hydrogen (secondary N) is 1. The average Bonchev–Trinajstić information content (AvgIpc) is 3.27. The second-order valence-electron chi connectivity index (χ2n) is 8.85. The summed E-state index contributed by atoms with van der Waals surface area (Å²) < 4.78 is 25.3. The molecule has 1 N–H and O–H groups in total. The predicted molar refractivity (Wildman–Crippen MR) is 138 cm³/mol. The van der Waals surface area contributed by atoms with Gasteiger partial charge in [0.15, 0.2) is 0 Å². The molecule has 1 aliphatic rings. The number of halogens is 1. The van der Waals surface area contributed by atoms with Crippen molar-refractivity contribution in [2.75, 3.05) is 12.4 Å². The van der Waals surface area contributed by atoms with Crippen LogP contribution < -0.4 is 21.3 Å². The van der Waals surface area contributed by atoms with Crippen LogP contribution in [0.25, 0.3) is 27.8 Å². The molecular weight excluding hydrogens is 459 g/mol. The monoisotopic (exact) mass is 482 g/mol. The molecule has 3 aromatic carbocycles. The number of para-hydroxylation sites is 2. The zero-order chi connectivity index (χ0) is 25.1. The Morgan fingerprint density at radius 3 is 2.44 bits per heavy atom. The molecule has 0 radical (unpaired) electrons. The van der Waals surface area contributed by atoms with Gasteiger partial charge in [0, 0.05) is 19.7 Å². The van der Waals surface area contributed by atoms with Crippen LogP contribution in [0.2, 0.25) is 0 Å². The molecule has 0 saturated carbocycles. The van der Waals surface area contributed by atoms with Crippen LogP contribution in [0.5, 0.6) is 5.75 Å². The van der Waals surface area contributed by atoms with E-state index in [2.05, 4.69) is 5.32 Å². The molecule has 0 amide bonds. The van der Waals surface area contributed by atoms with Gasteiger partial charge < -0.3 is 14.6 Å². The normalized spacial score (nSPS) is 14.3. The largest absolute Gasteiger partial charge is 0.497 e. The Morgan fingerprint density at radius 1 is 0.917 bits per heavy atom. The van der Waals surface area contributed by atoms with Crippen LogP contribution in [0.15, 0.2) is 82.4 Å². The molecule has 8 heteroatoms. The molecule has 0 spiro atoms. The molecule has 3 heterocycles. The van der Waals surface area contributed by atoms with Gasteiger partial charge in [-0.2, -0.15) is 0 Å². The standard InChI is InChI=1S/C28H23FN4O3/c1-31-25-22(27(34)32(2)28(31)35)24(18-11-4-5-12-19(18)29)33-21-14-7-6-13-20(21)30-23(26(25)33)16-9-8-10-17(15-16)36-3/h4-15,23,30H,1-3H3/t23-/m0/s1. The highest BCUT2D eigenvalue weighted by Crippen LogP contribution is 2.46. The Bertz CT molecular complexity index is 1800. The number of nitrogens with zero attached hydrogens (tertiary/aromatic N) is 3. The van der Waals surface area contributed by atoms with Crippen molar-refractivity contribution in [2.45, 2.75) is 6.04 Å². The Morgan fingerprint density at radius 2 is 1.67 bits per heavy atom. The van der Waals surface area contributed by atoms with E-state index < -0.39 is 23.1 Å². The van der Waals surface area contributed by atoms with Gasteiger partial charge in [0.2, 0.25) is 0 Å². The fraction of sp³-hybridized carbons (Fsp3) is 0.143. The lowest BCUT2D eigenvalue weighted by atomic mass is 9.99. The Hall–Kier alpha value is -4.59. The van der Waals surface area contributed by atoms with Crippen molar-refractivity contribution < 1.29 is 9.13 Å². The van der Waals surface area contributed by atoms with Gasteiger partial charge in [-0.05, 0) is 42.0 Å². The van der Waals surface area contributed by atoms with E-state index >= 15 is 4.39 Å². The van der Waals surface area contributed by atoms with Crippen molar-refractivity contribution >= 4 is 16.6 Å². The molecule has 0 aliphatic carbocycles. The molecular formula is C28H23FN4O3. The minimum atomic E-state index is -0.477. The van der Waals surface area contributed by atoms with Gasteiger partial charge in [0.05, 0.1) is 46.8 Å². The molecule has 0 unspecified atom stereocenters. The quantitative estimate of drug-likeness (QED) is 0.415. The number of benzene rings is 3. The Balaban J connectivity index is 1.87. The molecule has 2 aromatic heterocycles. The SMILES string of the molecule is COc1cccc([C@@H]2Nc3ccccc3-n3c(-c4ccccc4F)c4c(=O)n(C)c(=O)n(C)c4c32)c1. The number of ether oxygens (including phenoxy) is 1. The molecule has 0 bridgehead atoms. The highest BCUT2D eigenvalue weighted by molar-refractivity contribution is 5.99. The summed E-state index contributed by atoms with van der Waals surface area (Å²) in [4.78, 5) is 26.7. The summed E-state index contributed by atoms with van der Waals surface area (Å²) in [7, 11) is 4.68. The third-order valence-electron chi connectivity index (χ3n) is 6.88. The summed E-state index contributed by atoms with van der Waals surface area (Å²) in [6.07, 6.45) is 0. The molecule has 36 heavy (non-hydrogen) atoms.